The first-order valence-electron chi connectivity index (χ1n) is 7.36. The van der Waals surface area contributed by atoms with E-state index in [0.717, 1.165) is 24.0 Å². The van der Waals surface area contributed by atoms with Gasteiger partial charge in [0.15, 0.2) is 0 Å². The molecule has 0 aliphatic rings. The molecule has 2 rings (SSSR count). The summed E-state index contributed by atoms with van der Waals surface area (Å²) < 4.78 is 0. The van der Waals surface area contributed by atoms with Gasteiger partial charge < -0.3 is 15.3 Å². The van der Waals surface area contributed by atoms with E-state index in [0.29, 0.717) is 6.42 Å². The number of benzene rings is 2. The number of carbonyl (C=O) groups is 1. The van der Waals surface area contributed by atoms with Crippen LogP contribution in [0.2, 0.25) is 0 Å². The van der Waals surface area contributed by atoms with Crippen molar-refractivity contribution in [1.82, 2.24) is 0 Å². The SMILES string of the molecule is O=C(O)CCCCC(c1ccc(O)cc1)c1ccc(O)cc1. The van der Waals surface area contributed by atoms with Crippen molar-refractivity contribution >= 4 is 5.97 Å². The number of phenols is 2. The molecule has 0 aliphatic carbocycles. The van der Waals surface area contributed by atoms with Crippen molar-refractivity contribution in [3.05, 3.63) is 59.7 Å². The Balaban J connectivity index is 2.14. The monoisotopic (exact) mass is 300 g/mol. The van der Waals surface area contributed by atoms with Gasteiger partial charge in [0, 0.05) is 12.3 Å². The highest BCUT2D eigenvalue weighted by Gasteiger charge is 2.14. The minimum atomic E-state index is -0.772. The van der Waals surface area contributed by atoms with Crippen LogP contribution < -0.4 is 0 Å². The molecule has 116 valence electrons. The fourth-order valence-electron chi connectivity index (χ4n) is 2.56. The normalized spacial score (nSPS) is 10.8. The number of aliphatic carboxylic acids is 1. The summed E-state index contributed by atoms with van der Waals surface area (Å²) in [5.74, 6) is -0.209. The third kappa shape index (κ3) is 4.52. The smallest absolute Gasteiger partial charge is 0.303 e. The summed E-state index contributed by atoms with van der Waals surface area (Å²) in [5, 5.41) is 27.6. The van der Waals surface area contributed by atoms with E-state index in [9.17, 15) is 15.0 Å². The molecule has 3 N–H and O–H groups in total. The molecule has 2 aromatic carbocycles. The quantitative estimate of drug-likeness (QED) is 0.678. The number of hydrogen-bond acceptors (Lipinski definition) is 3. The van der Waals surface area contributed by atoms with Crippen LogP contribution in [0.5, 0.6) is 11.5 Å². The van der Waals surface area contributed by atoms with Crippen LogP contribution in [0.15, 0.2) is 48.5 Å². The molecule has 0 bridgehead atoms. The average Bonchev–Trinajstić information content (AvgIpc) is 2.50. The van der Waals surface area contributed by atoms with Gasteiger partial charge >= 0.3 is 5.97 Å². The molecule has 0 spiro atoms. The van der Waals surface area contributed by atoms with Crippen molar-refractivity contribution in [1.29, 1.82) is 0 Å². The van der Waals surface area contributed by atoms with Gasteiger partial charge in [0.25, 0.3) is 0 Å². The van der Waals surface area contributed by atoms with Gasteiger partial charge in [-0.05, 0) is 48.2 Å². The highest BCUT2D eigenvalue weighted by Crippen LogP contribution is 2.31. The van der Waals surface area contributed by atoms with Crippen molar-refractivity contribution in [2.75, 3.05) is 0 Å². The van der Waals surface area contributed by atoms with Crippen molar-refractivity contribution < 1.29 is 20.1 Å². The van der Waals surface area contributed by atoms with E-state index in [1.54, 1.807) is 24.3 Å². The lowest BCUT2D eigenvalue weighted by Gasteiger charge is -2.18. The molecule has 4 heteroatoms. The Labute approximate surface area is 129 Å². The molecule has 0 unspecified atom stereocenters. The van der Waals surface area contributed by atoms with Crippen LogP contribution in [0, 0.1) is 0 Å². The maximum atomic E-state index is 10.6. The van der Waals surface area contributed by atoms with Gasteiger partial charge in [-0.25, -0.2) is 0 Å². The molecular weight excluding hydrogens is 280 g/mol. The van der Waals surface area contributed by atoms with Crippen LogP contribution in [-0.4, -0.2) is 21.3 Å². The summed E-state index contributed by atoms with van der Waals surface area (Å²) in [6, 6.07) is 14.1. The van der Waals surface area contributed by atoms with Crippen LogP contribution in [0.25, 0.3) is 0 Å². The molecule has 0 aliphatic heterocycles. The zero-order valence-corrected chi connectivity index (χ0v) is 12.3. The van der Waals surface area contributed by atoms with E-state index in [1.807, 2.05) is 24.3 Å². The second-order valence-electron chi connectivity index (χ2n) is 5.38. The zero-order chi connectivity index (χ0) is 15.9. The summed E-state index contributed by atoms with van der Waals surface area (Å²) in [7, 11) is 0. The van der Waals surface area contributed by atoms with E-state index >= 15 is 0 Å². The van der Waals surface area contributed by atoms with Gasteiger partial charge in [-0.15, -0.1) is 0 Å². The predicted octanol–water partition coefficient (Wildman–Crippen LogP) is 3.87. The lowest BCUT2D eigenvalue weighted by atomic mass is 9.87. The number of aromatic hydroxyl groups is 2. The molecule has 0 aromatic heterocycles. The summed E-state index contributed by atoms with van der Waals surface area (Å²) in [5.41, 5.74) is 2.14. The Morgan fingerprint density at radius 1 is 0.818 bits per heavy atom. The third-order valence-corrected chi connectivity index (χ3v) is 3.72. The van der Waals surface area contributed by atoms with Crippen LogP contribution in [0.1, 0.15) is 42.7 Å². The lowest BCUT2D eigenvalue weighted by Crippen LogP contribution is -2.02. The van der Waals surface area contributed by atoms with E-state index < -0.39 is 5.97 Å². The van der Waals surface area contributed by atoms with Crippen molar-refractivity contribution in [3.8, 4) is 11.5 Å². The van der Waals surface area contributed by atoms with Crippen LogP contribution in [-0.2, 0) is 4.79 Å². The number of hydrogen-bond donors (Lipinski definition) is 3. The number of phenolic OH excluding ortho intramolecular Hbond substituents is 2. The van der Waals surface area contributed by atoms with E-state index in [4.69, 9.17) is 5.11 Å². The number of carboxylic acid groups (broad SMARTS) is 1. The predicted molar refractivity (Wildman–Crippen MR) is 84.2 cm³/mol. The van der Waals surface area contributed by atoms with Crippen molar-refractivity contribution in [2.24, 2.45) is 0 Å². The summed E-state index contributed by atoms with van der Waals surface area (Å²) >= 11 is 0. The summed E-state index contributed by atoms with van der Waals surface area (Å²) in [6.07, 6.45) is 2.45. The molecule has 4 nitrogen and oxygen atoms in total. The van der Waals surface area contributed by atoms with Crippen molar-refractivity contribution in [2.45, 2.75) is 31.6 Å². The van der Waals surface area contributed by atoms with E-state index in [1.165, 1.54) is 0 Å². The minimum Gasteiger partial charge on any atom is -0.508 e. The first-order valence-corrected chi connectivity index (χ1v) is 7.36. The molecule has 0 radical (unpaired) electrons. The molecule has 0 atom stereocenters. The first-order chi connectivity index (χ1) is 10.6. The fourth-order valence-corrected chi connectivity index (χ4v) is 2.56. The second kappa shape index (κ2) is 7.50. The van der Waals surface area contributed by atoms with Crippen LogP contribution >= 0.6 is 0 Å². The van der Waals surface area contributed by atoms with Gasteiger partial charge in [0.2, 0.25) is 0 Å². The average molecular weight is 300 g/mol. The third-order valence-electron chi connectivity index (χ3n) is 3.72. The standard InChI is InChI=1S/C18H20O4/c19-15-9-5-13(6-10-15)17(3-1-2-4-18(21)22)14-7-11-16(20)12-8-14/h5-12,17,19-20H,1-4H2,(H,21,22). The number of unbranched alkanes of at least 4 members (excludes halogenated alkanes) is 1. The van der Waals surface area contributed by atoms with Crippen LogP contribution in [0.3, 0.4) is 0 Å². The maximum absolute atomic E-state index is 10.6. The minimum absolute atomic E-state index is 0.120. The molecule has 22 heavy (non-hydrogen) atoms. The molecule has 0 heterocycles. The first kappa shape index (κ1) is 15.9. The molecule has 2 aromatic rings. The Morgan fingerprint density at radius 3 is 1.68 bits per heavy atom. The molecule has 0 fully saturated rings. The van der Waals surface area contributed by atoms with Gasteiger partial charge in [0.05, 0.1) is 0 Å². The molecular formula is C18H20O4. The van der Waals surface area contributed by atoms with Gasteiger partial charge in [-0.3, -0.25) is 4.79 Å². The zero-order valence-electron chi connectivity index (χ0n) is 12.3. The van der Waals surface area contributed by atoms with E-state index in [2.05, 4.69) is 0 Å². The molecule has 0 amide bonds. The van der Waals surface area contributed by atoms with Crippen LogP contribution in [0.4, 0.5) is 0 Å². The van der Waals surface area contributed by atoms with Gasteiger partial charge in [-0.1, -0.05) is 30.7 Å². The van der Waals surface area contributed by atoms with Gasteiger partial charge in [0.1, 0.15) is 11.5 Å². The Hall–Kier alpha value is -2.49. The Bertz CT molecular complexity index is 556. The number of carboxylic acids is 1. The number of rotatable bonds is 7. The highest BCUT2D eigenvalue weighted by atomic mass is 16.4. The Morgan fingerprint density at radius 2 is 1.27 bits per heavy atom. The van der Waals surface area contributed by atoms with Crippen molar-refractivity contribution in [3.63, 3.8) is 0 Å². The molecule has 0 saturated carbocycles. The maximum Gasteiger partial charge on any atom is 0.303 e. The summed E-state index contributed by atoms with van der Waals surface area (Å²) in [4.78, 5) is 10.6. The van der Waals surface area contributed by atoms with E-state index in [-0.39, 0.29) is 23.8 Å². The fraction of sp³-hybridized carbons (Fsp3) is 0.278. The van der Waals surface area contributed by atoms with Gasteiger partial charge in [-0.2, -0.15) is 0 Å². The largest absolute Gasteiger partial charge is 0.508 e. The summed E-state index contributed by atoms with van der Waals surface area (Å²) in [6.45, 7) is 0. The second-order valence-corrected chi connectivity index (χ2v) is 5.38. The lowest BCUT2D eigenvalue weighted by molar-refractivity contribution is -0.137. The highest BCUT2D eigenvalue weighted by molar-refractivity contribution is 5.66. The Kier molecular flexibility index (Phi) is 5.42. The topological polar surface area (TPSA) is 77.8 Å². The molecule has 0 saturated heterocycles.